The van der Waals surface area contributed by atoms with Gasteiger partial charge >= 0.3 is 6.01 Å². The van der Waals surface area contributed by atoms with Crippen LogP contribution in [0.3, 0.4) is 0 Å². The van der Waals surface area contributed by atoms with Crippen molar-refractivity contribution in [1.82, 2.24) is 15.2 Å². The van der Waals surface area contributed by atoms with Crippen molar-refractivity contribution in [3.05, 3.63) is 33.8 Å². The summed E-state index contributed by atoms with van der Waals surface area (Å²) in [5.74, 6) is 0.0453. The van der Waals surface area contributed by atoms with E-state index in [9.17, 15) is 4.79 Å². The lowest BCUT2D eigenvalue weighted by Gasteiger charge is -2.04. The smallest absolute Gasteiger partial charge is 0.336 e. The fraction of sp³-hybridized carbons (Fsp3) is 0.250. The van der Waals surface area contributed by atoms with Gasteiger partial charge in [0.25, 0.3) is 0 Å². The number of aromatic amines is 1. The molecule has 2 rings (SSSR count). The van der Waals surface area contributed by atoms with Crippen LogP contribution in [0.15, 0.2) is 18.2 Å². The molecule has 1 heterocycles. The highest BCUT2D eigenvalue weighted by Gasteiger charge is 2.09. The Labute approximate surface area is 125 Å². The molecule has 106 valence electrons. The van der Waals surface area contributed by atoms with Gasteiger partial charge in [-0.05, 0) is 24.1 Å². The average Bonchev–Trinajstić information content (AvgIpc) is 2.85. The van der Waals surface area contributed by atoms with Crippen LogP contribution >= 0.6 is 23.2 Å². The summed E-state index contributed by atoms with van der Waals surface area (Å²) in [5.41, 5.74) is 0.862. The van der Waals surface area contributed by atoms with E-state index >= 15 is 0 Å². The third kappa shape index (κ3) is 3.85. The molecule has 8 heteroatoms. The second-order valence-electron chi connectivity index (χ2n) is 3.95. The number of benzene rings is 1. The minimum atomic E-state index is -0.199. The van der Waals surface area contributed by atoms with E-state index in [4.69, 9.17) is 27.9 Å². The Bertz CT molecular complexity index is 615. The molecule has 2 aromatic rings. The molecule has 0 aliphatic rings. The zero-order valence-electron chi connectivity index (χ0n) is 10.6. The van der Waals surface area contributed by atoms with Crippen LogP contribution in [0.4, 0.5) is 5.95 Å². The molecule has 6 nitrogen and oxygen atoms in total. The Kier molecular flexibility index (Phi) is 4.81. The van der Waals surface area contributed by atoms with Gasteiger partial charge in [-0.25, -0.2) is 5.10 Å². The van der Waals surface area contributed by atoms with E-state index < -0.39 is 0 Å². The van der Waals surface area contributed by atoms with E-state index in [0.29, 0.717) is 16.5 Å². The van der Waals surface area contributed by atoms with Crippen molar-refractivity contribution >= 4 is 35.1 Å². The lowest BCUT2D eigenvalue weighted by molar-refractivity contribution is -0.116. The van der Waals surface area contributed by atoms with Crippen molar-refractivity contribution < 1.29 is 9.53 Å². The molecular formula is C12H12Cl2N4O2. The molecule has 0 spiro atoms. The van der Waals surface area contributed by atoms with Gasteiger partial charge in [-0.1, -0.05) is 29.3 Å². The number of anilines is 1. The monoisotopic (exact) mass is 314 g/mol. The van der Waals surface area contributed by atoms with Gasteiger partial charge in [0.2, 0.25) is 11.9 Å². The molecule has 2 N–H and O–H groups in total. The molecule has 0 saturated heterocycles. The van der Waals surface area contributed by atoms with Gasteiger partial charge in [-0.3, -0.25) is 10.1 Å². The molecule has 0 fully saturated rings. The van der Waals surface area contributed by atoms with Gasteiger partial charge in [0, 0.05) is 16.5 Å². The van der Waals surface area contributed by atoms with E-state index in [0.717, 1.165) is 5.56 Å². The van der Waals surface area contributed by atoms with Gasteiger partial charge in [-0.2, -0.15) is 4.98 Å². The van der Waals surface area contributed by atoms with Gasteiger partial charge in [0.15, 0.2) is 0 Å². The van der Waals surface area contributed by atoms with Gasteiger partial charge < -0.3 is 4.74 Å². The van der Waals surface area contributed by atoms with Crippen LogP contribution in [0.2, 0.25) is 10.0 Å². The minimum Gasteiger partial charge on any atom is -0.466 e. The standard InChI is InChI=1S/C12H12Cl2N4O2/c1-20-12-16-11(17-18-12)15-10(19)5-3-7-2-4-8(13)6-9(7)14/h2,4,6H,3,5H2,1H3,(H2,15,16,17,18,19). The summed E-state index contributed by atoms with van der Waals surface area (Å²) < 4.78 is 4.80. The molecule has 0 aliphatic heterocycles. The molecule has 1 aromatic carbocycles. The van der Waals surface area contributed by atoms with Gasteiger partial charge in [0.1, 0.15) is 0 Å². The zero-order valence-corrected chi connectivity index (χ0v) is 12.1. The molecule has 0 aliphatic carbocycles. The lowest BCUT2D eigenvalue weighted by atomic mass is 10.1. The Hall–Kier alpha value is -1.79. The quantitative estimate of drug-likeness (QED) is 0.889. The number of aryl methyl sites for hydroxylation is 1. The minimum absolute atomic E-state index is 0.168. The van der Waals surface area contributed by atoms with Gasteiger partial charge in [-0.15, -0.1) is 5.10 Å². The van der Waals surface area contributed by atoms with Crippen LogP contribution < -0.4 is 10.1 Å². The van der Waals surface area contributed by atoms with Crippen molar-refractivity contribution in [2.24, 2.45) is 0 Å². The fourth-order valence-corrected chi connectivity index (χ4v) is 2.06. The predicted octanol–water partition coefficient (Wildman–Crippen LogP) is 2.69. The molecule has 20 heavy (non-hydrogen) atoms. The van der Waals surface area contributed by atoms with Crippen molar-refractivity contribution in [3.8, 4) is 6.01 Å². The first-order chi connectivity index (χ1) is 9.58. The zero-order chi connectivity index (χ0) is 14.5. The number of nitrogens with one attached hydrogen (secondary N) is 2. The summed E-state index contributed by atoms with van der Waals surface area (Å²) in [7, 11) is 1.44. The first kappa shape index (κ1) is 14.6. The Morgan fingerprint density at radius 3 is 2.90 bits per heavy atom. The summed E-state index contributed by atoms with van der Waals surface area (Å²) in [5, 5.41) is 9.96. The average molecular weight is 315 g/mol. The predicted molar refractivity (Wildman–Crippen MR) is 76.3 cm³/mol. The molecule has 0 radical (unpaired) electrons. The van der Waals surface area contributed by atoms with E-state index in [2.05, 4.69) is 20.5 Å². The summed E-state index contributed by atoms with van der Waals surface area (Å²) in [6.07, 6.45) is 0.775. The Morgan fingerprint density at radius 2 is 2.25 bits per heavy atom. The maximum Gasteiger partial charge on any atom is 0.336 e. The first-order valence-corrected chi connectivity index (χ1v) is 6.54. The number of hydrogen-bond acceptors (Lipinski definition) is 4. The van der Waals surface area contributed by atoms with Crippen LogP contribution in [-0.4, -0.2) is 28.2 Å². The van der Waals surface area contributed by atoms with E-state index in [1.54, 1.807) is 18.2 Å². The largest absolute Gasteiger partial charge is 0.466 e. The molecule has 1 amide bonds. The lowest BCUT2D eigenvalue weighted by Crippen LogP contribution is -2.13. The number of hydrogen-bond donors (Lipinski definition) is 2. The number of carbonyl (C=O) groups excluding carboxylic acids is 1. The fourth-order valence-electron chi connectivity index (χ4n) is 1.56. The van der Waals surface area contributed by atoms with E-state index in [1.807, 2.05) is 0 Å². The van der Waals surface area contributed by atoms with Crippen molar-refractivity contribution in [3.63, 3.8) is 0 Å². The molecule has 0 saturated carbocycles. The highest BCUT2D eigenvalue weighted by molar-refractivity contribution is 6.35. The Balaban J connectivity index is 1.88. The van der Waals surface area contributed by atoms with Crippen LogP contribution in [0.25, 0.3) is 0 Å². The number of nitrogens with zero attached hydrogens (tertiary/aromatic N) is 2. The van der Waals surface area contributed by atoms with Crippen molar-refractivity contribution in [2.45, 2.75) is 12.8 Å². The molecule has 0 bridgehead atoms. The second kappa shape index (κ2) is 6.58. The van der Waals surface area contributed by atoms with Gasteiger partial charge in [0.05, 0.1) is 7.11 Å². The summed E-state index contributed by atoms with van der Waals surface area (Å²) in [6.45, 7) is 0. The maximum atomic E-state index is 11.8. The summed E-state index contributed by atoms with van der Waals surface area (Å²) in [6, 6.07) is 5.36. The molecule has 0 unspecified atom stereocenters. The first-order valence-electron chi connectivity index (χ1n) is 5.78. The Morgan fingerprint density at radius 1 is 1.45 bits per heavy atom. The summed E-state index contributed by atoms with van der Waals surface area (Å²) in [4.78, 5) is 15.6. The molecule has 1 aromatic heterocycles. The molecule has 0 atom stereocenters. The second-order valence-corrected chi connectivity index (χ2v) is 4.80. The third-order valence-corrected chi connectivity index (χ3v) is 3.13. The number of H-pyrrole nitrogens is 1. The summed E-state index contributed by atoms with van der Waals surface area (Å²) >= 11 is 11.8. The van der Waals surface area contributed by atoms with E-state index in [1.165, 1.54) is 7.11 Å². The highest BCUT2D eigenvalue weighted by Crippen LogP contribution is 2.22. The number of amides is 1. The molecular weight excluding hydrogens is 303 g/mol. The SMILES string of the molecule is COc1n[nH]c(NC(=O)CCc2ccc(Cl)cc2Cl)n1. The van der Waals surface area contributed by atoms with E-state index in [-0.39, 0.29) is 24.3 Å². The van der Waals surface area contributed by atoms with Crippen molar-refractivity contribution in [2.75, 3.05) is 12.4 Å². The van der Waals surface area contributed by atoms with Crippen molar-refractivity contribution in [1.29, 1.82) is 0 Å². The maximum absolute atomic E-state index is 11.8. The number of ether oxygens (including phenoxy) is 1. The third-order valence-electron chi connectivity index (χ3n) is 2.54. The normalized spacial score (nSPS) is 10.3. The van der Waals surface area contributed by atoms with Crippen LogP contribution in [0.1, 0.15) is 12.0 Å². The topological polar surface area (TPSA) is 79.9 Å². The number of halogens is 2. The van der Waals surface area contributed by atoms with Crippen LogP contribution in [0.5, 0.6) is 6.01 Å². The number of aromatic nitrogens is 3. The van der Waals surface area contributed by atoms with Crippen LogP contribution in [-0.2, 0) is 11.2 Å². The number of methoxy groups -OCH3 is 1. The number of carbonyl (C=O) groups is 1. The number of rotatable bonds is 5. The van der Waals surface area contributed by atoms with Crippen LogP contribution in [0, 0.1) is 0 Å². The highest BCUT2D eigenvalue weighted by atomic mass is 35.5.